The fraction of sp³-hybridized carbons (Fsp3) is 0.615. The number of nitrogens with zero attached hydrogens (tertiary/aromatic N) is 1. The third kappa shape index (κ3) is 2.96. The Morgan fingerprint density at radius 3 is 2.71 bits per heavy atom. The minimum absolute atomic E-state index is 0.0695. The molecule has 17 heavy (non-hydrogen) atoms. The van der Waals surface area contributed by atoms with Gasteiger partial charge in [0.25, 0.3) is 0 Å². The molecule has 0 unspecified atom stereocenters. The van der Waals surface area contributed by atoms with Crippen molar-refractivity contribution in [3.8, 4) is 5.88 Å². The molecule has 0 radical (unpaired) electrons. The van der Waals surface area contributed by atoms with Gasteiger partial charge in [0.1, 0.15) is 0 Å². The Balaban J connectivity index is 1.92. The summed E-state index contributed by atoms with van der Waals surface area (Å²) < 4.78 is 5.02. The minimum Gasteiger partial charge on any atom is -0.481 e. The highest BCUT2D eigenvalue weighted by Crippen LogP contribution is 2.29. The van der Waals surface area contributed by atoms with Gasteiger partial charge in [-0.05, 0) is 18.4 Å². The van der Waals surface area contributed by atoms with Crippen LogP contribution < -0.4 is 10.1 Å². The van der Waals surface area contributed by atoms with Gasteiger partial charge in [0.2, 0.25) is 5.88 Å². The molecule has 0 bridgehead atoms. The molecule has 94 valence electrons. The van der Waals surface area contributed by atoms with Gasteiger partial charge in [-0.15, -0.1) is 0 Å². The molecular weight excluding hydrogens is 216 g/mol. The van der Waals surface area contributed by atoms with E-state index in [2.05, 4.69) is 10.3 Å². The largest absolute Gasteiger partial charge is 0.481 e. The highest BCUT2D eigenvalue weighted by Gasteiger charge is 2.32. The van der Waals surface area contributed by atoms with E-state index < -0.39 is 0 Å². The number of ether oxygens (including phenoxy) is 1. The van der Waals surface area contributed by atoms with Gasteiger partial charge >= 0.3 is 0 Å². The quantitative estimate of drug-likeness (QED) is 0.813. The lowest BCUT2D eigenvalue weighted by Gasteiger charge is -2.28. The normalized spacial score (nSPS) is 18.2. The first-order valence-corrected chi connectivity index (χ1v) is 6.13. The van der Waals surface area contributed by atoms with Crippen LogP contribution in [0.1, 0.15) is 31.2 Å². The topological polar surface area (TPSA) is 54.4 Å². The highest BCUT2D eigenvalue weighted by molar-refractivity contribution is 5.17. The molecule has 0 aromatic carbocycles. The fourth-order valence-corrected chi connectivity index (χ4v) is 2.37. The van der Waals surface area contributed by atoms with Gasteiger partial charge in [0, 0.05) is 24.3 Å². The Bertz CT molecular complexity index is 345. The SMILES string of the molecule is COc1ccc(CNC2(CO)CCCC2)cn1. The standard InChI is InChI=1S/C13H20N2O2/c1-17-12-5-4-11(8-14-12)9-15-13(10-16)6-2-3-7-13/h4-5,8,15-16H,2-3,6-7,9-10H2,1H3. The molecule has 0 atom stereocenters. The zero-order valence-corrected chi connectivity index (χ0v) is 10.3. The molecule has 1 aliphatic rings. The molecule has 4 nitrogen and oxygen atoms in total. The maximum absolute atomic E-state index is 9.48. The van der Waals surface area contributed by atoms with Crippen LogP contribution in [0.4, 0.5) is 0 Å². The molecule has 1 heterocycles. The number of hydrogen-bond donors (Lipinski definition) is 2. The van der Waals surface area contributed by atoms with Crippen molar-refractivity contribution in [2.24, 2.45) is 0 Å². The van der Waals surface area contributed by atoms with Crippen LogP contribution in [0.5, 0.6) is 5.88 Å². The summed E-state index contributed by atoms with van der Waals surface area (Å²) in [6, 6.07) is 3.86. The van der Waals surface area contributed by atoms with Crippen LogP contribution in [-0.2, 0) is 6.54 Å². The lowest BCUT2D eigenvalue weighted by atomic mass is 9.98. The number of nitrogens with one attached hydrogen (secondary N) is 1. The molecular formula is C13H20N2O2. The summed E-state index contributed by atoms with van der Waals surface area (Å²) >= 11 is 0. The lowest BCUT2D eigenvalue weighted by Crippen LogP contribution is -2.45. The summed E-state index contributed by atoms with van der Waals surface area (Å²) in [6.45, 7) is 0.966. The first kappa shape index (κ1) is 12.3. The van der Waals surface area contributed by atoms with Gasteiger partial charge in [-0.2, -0.15) is 0 Å². The smallest absolute Gasteiger partial charge is 0.212 e. The van der Waals surface area contributed by atoms with E-state index in [0.717, 1.165) is 24.9 Å². The van der Waals surface area contributed by atoms with Crippen LogP contribution >= 0.6 is 0 Å². The van der Waals surface area contributed by atoms with E-state index in [1.54, 1.807) is 7.11 Å². The minimum atomic E-state index is -0.0695. The number of pyridine rings is 1. The molecule has 2 N–H and O–H groups in total. The first-order valence-electron chi connectivity index (χ1n) is 6.13. The summed E-state index contributed by atoms with van der Waals surface area (Å²) in [5.74, 6) is 0.631. The third-order valence-electron chi connectivity index (χ3n) is 3.54. The lowest BCUT2D eigenvalue weighted by molar-refractivity contribution is 0.163. The second-order valence-electron chi connectivity index (χ2n) is 4.71. The van der Waals surface area contributed by atoms with Crippen molar-refractivity contribution < 1.29 is 9.84 Å². The number of rotatable bonds is 5. The van der Waals surface area contributed by atoms with Crippen molar-refractivity contribution in [2.45, 2.75) is 37.8 Å². The van der Waals surface area contributed by atoms with Crippen LogP contribution in [0, 0.1) is 0 Å². The van der Waals surface area contributed by atoms with E-state index in [9.17, 15) is 5.11 Å². The molecule has 0 spiro atoms. The Labute approximate surface area is 102 Å². The van der Waals surface area contributed by atoms with Gasteiger partial charge in [-0.1, -0.05) is 18.9 Å². The summed E-state index contributed by atoms with van der Waals surface area (Å²) in [7, 11) is 1.61. The summed E-state index contributed by atoms with van der Waals surface area (Å²) in [6.07, 6.45) is 6.34. The second kappa shape index (κ2) is 5.47. The molecule has 1 saturated carbocycles. The summed E-state index contributed by atoms with van der Waals surface area (Å²) in [4.78, 5) is 4.17. The molecule has 0 aliphatic heterocycles. The Morgan fingerprint density at radius 1 is 1.41 bits per heavy atom. The molecule has 1 fully saturated rings. The molecule has 2 rings (SSSR count). The molecule has 1 aromatic heterocycles. The van der Waals surface area contributed by atoms with E-state index in [-0.39, 0.29) is 12.1 Å². The van der Waals surface area contributed by atoms with Gasteiger partial charge in [0.05, 0.1) is 13.7 Å². The molecule has 0 saturated heterocycles. The van der Waals surface area contributed by atoms with Gasteiger partial charge < -0.3 is 15.2 Å². The molecule has 4 heteroatoms. The Hall–Kier alpha value is -1.13. The van der Waals surface area contributed by atoms with Crippen molar-refractivity contribution in [2.75, 3.05) is 13.7 Å². The van der Waals surface area contributed by atoms with E-state index in [1.165, 1.54) is 12.8 Å². The van der Waals surface area contributed by atoms with Crippen LogP contribution in [-0.4, -0.2) is 29.3 Å². The highest BCUT2D eigenvalue weighted by atomic mass is 16.5. The zero-order valence-electron chi connectivity index (χ0n) is 10.3. The number of aliphatic hydroxyl groups excluding tert-OH is 1. The van der Waals surface area contributed by atoms with Crippen molar-refractivity contribution >= 4 is 0 Å². The van der Waals surface area contributed by atoms with E-state index in [4.69, 9.17) is 4.74 Å². The zero-order chi connectivity index (χ0) is 12.1. The van der Waals surface area contributed by atoms with Crippen molar-refractivity contribution in [3.05, 3.63) is 23.9 Å². The average molecular weight is 236 g/mol. The number of hydrogen-bond acceptors (Lipinski definition) is 4. The third-order valence-corrected chi connectivity index (χ3v) is 3.54. The number of aliphatic hydroxyl groups is 1. The van der Waals surface area contributed by atoms with Gasteiger partial charge in [-0.3, -0.25) is 0 Å². The van der Waals surface area contributed by atoms with E-state index in [0.29, 0.717) is 5.88 Å². The van der Waals surface area contributed by atoms with Crippen molar-refractivity contribution in [1.29, 1.82) is 0 Å². The van der Waals surface area contributed by atoms with Crippen molar-refractivity contribution in [3.63, 3.8) is 0 Å². The maximum Gasteiger partial charge on any atom is 0.212 e. The summed E-state index contributed by atoms with van der Waals surface area (Å²) in [5, 5.41) is 12.9. The van der Waals surface area contributed by atoms with Crippen molar-refractivity contribution in [1.82, 2.24) is 10.3 Å². The first-order chi connectivity index (χ1) is 8.28. The Morgan fingerprint density at radius 2 is 2.18 bits per heavy atom. The molecule has 1 aliphatic carbocycles. The fourth-order valence-electron chi connectivity index (χ4n) is 2.37. The van der Waals surface area contributed by atoms with E-state index in [1.807, 2.05) is 18.3 Å². The number of methoxy groups -OCH3 is 1. The molecule has 1 aromatic rings. The van der Waals surface area contributed by atoms with E-state index >= 15 is 0 Å². The van der Waals surface area contributed by atoms with Gasteiger partial charge in [0.15, 0.2) is 0 Å². The predicted molar refractivity (Wildman–Crippen MR) is 65.9 cm³/mol. The second-order valence-corrected chi connectivity index (χ2v) is 4.71. The average Bonchev–Trinajstić information content (AvgIpc) is 2.86. The monoisotopic (exact) mass is 236 g/mol. The van der Waals surface area contributed by atoms with Crippen LogP contribution in [0.25, 0.3) is 0 Å². The molecule has 0 amide bonds. The van der Waals surface area contributed by atoms with Crippen LogP contribution in [0.2, 0.25) is 0 Å². The summed E-state index contributed by atoms with van der Waals surface area (Å²) in [5.41, 5.74) is 1.05. The van der Waals surface area contributed by atoms with Crippen LogP contribution in [0.3, 0.4) is 0 Å². The maximum atomic E-state index is 9.48. The number of aromatic nitrogens is 1. The Kier molecular flexibility index (Phi) is 3.97. The van der Waals surface area contributed by atoms with Crippen LogP contribution in [0.15, 0.2) is 18.3 Å². The predicted octanol–water partition coefficient (Wildman–Crippen LogP) is 1.48. The van der Waals surface area contributed by atoms with Gasteiger partial charge in [-0.25, -0.2) is 4.98 Å².